The van der Waals surface area contributed by atoms with Gasteiger partial charge in [-0.1, -0.05) is 146 Å². The lowest BCUT2D eigenvalue weighted by molar-refractivity contribution is 0.433. The van der Waals surface area contributed by atoms with Crippen LogP contribution in [0.15, 0.2) is 203 Å². The topological polar surface area (TPSA) is 53.7 Å². The van der Waals surface area contributed by atoms with Crippen LogP contribution < -0.4 is 10.6 Å². The summed E-state index contributed by atoms with van der Waals surface area (Å²) in [7, 11) is 0. The molecule has 0 spiro atoms. The van der Waals surface area contributed by atoms with Crippen molar-refractivity contribution in [3.05, 3.63) is 221 Å². The predicted molar refractivity (Wildman–Crippen MR) is 231 cm³/mol. The lowest BCUT2D eigenvalue weighted by atomic mass is 9.65. The van der Waals surface area contributed by atoms with Gasteiger partial charge in [-0.05, 0) is 83.0 Å². The van der Waals surface area contributed by atoms with E-state index in [0.29, 0.717) is 6.54 Å². The average molecular weight is 724 g/mol. The van der Waals surface area contributed by atoms with Crippen LogP contribution in [0.1, 0.15) is 47.1 Å². The molecule has 2 N–H and O–H groups in total. The van der Waals surface area contributed by atoms with Crippen LogP contribution in [0.2, 0.25) is 0 Å². The van der Waals surface area contributed by atoms with Crippen molar-refractivity contribution in [1.29, 1.82) is 0 Å². The summed E-state index contributed by atoms with van der Waals surface area (Å²) in [5.74, 6) is 3.04. The summed E-state index contributed by atoms with van der Waals surface area (Å²) in [4.78, 5) is 10.5. The SMILES string of the molecule is C1=CCC(C2N=C(c3ccccc3)NC(=C3C=CC(n4c5ccccc5c5cc6c(cc54)C(c4ccccc4)(c4ccccc4)C4=C6C=CCC4)=NC3)N2)C=C1. The molecule has 2 atom stereocenters. The van der Waals surface area contributed by atoms with Crippen LogP contribution in [0.4, 0.5) is 0 Å². The number of fused-ring (bicyclic) bond motifs is 5. The predicted octanol–water partition coefficient (Wildman–Crippen LogP) is 10.4. The van der Waals surface area contributed by atoms with Gasteiger partial charge in [-0.3, -0.25) is 9.56 Å². The third kappa shape index (κ3) is 5.07. The highest BCUT2D eigenvalue weighted by atomic mass is 15.3. The number of hydrogen-bond donors (Lipinski definition) is 2. The summed E-state index contributed by atoms with van der Waals surface area (Å²) < 4.78 is 2.39. The Morgan fingerprint density at radius 3 is 2.18 bits per heavy atom. The van der Waals surface area contributed by atoms with Crippen molar-refractivity contribution < 1.29 is 0 Å². The third-order valence-corrected chi connectivity index (χ3v) is 12.2. The number of hydrogen-bond acceptors (Lipinski definition) is 4. The average Bonchev–Trinajstić information content (AvgIpc) is 3.76. The van der Waals surface area contributed by atoms with Gasteiger partial charge in [-0.15, -0.1) is 0 Å². The Balaban J connectivity index is 1.06. The Bertz CT molecular complexity index is 2750. The fourth-order valence-corrected chi connectivity index (χ4v) is 9.68. The zero-order valence-electron chi connectivity index (χ0n) is 31.1. The highest BCUT2D eigenvalue weighted by molar-refractivity contribution is 6.18. The van der Waals surface area contributed by atoms with Crippen molar-refractivity contribution >= 4 is 39.1 Å². The van der Waals surface area contributed by atoms with Crippen molar-refractivity contribution in [2.24, 2.45) is 15.9 Å². The van der Waals surface area contributed by atoms with Crippen LogP contribution in [0, 0.1) is 5.92 Å². The van der Waals surface area contributed by atoms with Crippen molar-refractivity contribution in [3.8, 4) is 0 Å². The number of allylic oxidation sites excluding steroid dienone is 8. The van der Waals surface area contributed by atoms with Crippen molar-refractivity contribution in [2.45, 2.75) is 30.8 Å². The second-order valence-electron chi connectivity index (χ2n) is 15.3. The van der Waals surface area contributed by atoms with Crippen LogP contribution in [0.3, 0.4) is 0 Å². The molecule has 2 unspecified atom stereocenters. The minimum absolute atomic E-state index is 0.0860. The molecule has 270 valence electrons. The number of aromatic nitrogens is 1. The fraction of sp³-hybridized carbons (Fsp3) is 0.137. The Kier molecular flexibility index (Phi) is 7.73. The van der Waals surface area contributed by atoms with Gasteiger partial charge in [0.1, 0.15) is 23.7 Å². The number of aliphatic imine (C=N–C) groups is 2. The first-order valence-corrected chi connectivity index (χ1v) is 19.8. The van der Waals surface area contributed by atoms with E-state index in [1.54, 1.807) is 0 Å². The monoisotopic (exact) mass is 723 g/mol. The number of dihydropyridines is 1. The van der Waals surface area contributed by atoms with Gasteiger partial charge in [0.2, 0.25) is 0 Å². The maximum Gasteiger partial charge on any atom is 0.136 e. The van der Waals surface area contributed by atoms with Crippen LogP contribution >= 0.6 is 0 Å². The van der Waals surface area contributed by atoms with Crippen LogP contribution in [0.25, 0.3) is 27.4 Å². The summed E-state index contributed by atoms with van der Waals surface area (Å²) in [6.45, 7) is 0.536. The van der Waals surface area contributed by atoms with Gasteiger partial charge < -0.3 is 10.6 Å². The van der Waals surface area contributed by atoms with Crippen molar-refractivity contribution in [3.63, 3.8) is 0 Å². The van der Waals surface area contributed by atoms with Crippen molar-refractivity contribution in [2.75, 3.05) is 6.54 Å². The third-order valence-electron chi connectivity index (χ3n) is 12.2. The van der Waals surface area contributed by atoms with E-state index in [4.69, 9.17) is 9.98 Å². The molecule has 0 fully saturated rings. The Hall–Kier alpha value is -6.72. The van der Waals surface area contributed by atoms with Gasteiger partial charge in [0.15, 0.2) is 0 Å². The van der Waals surface area contributed by atoms with Gasteiger partial charge in [-0.2, -0.15) is 0 Å². The smallest absolute Gasteiger partial charge is 0.136 e. The van der Waals surface area contributed by atoms with E-state index in [0.717, 1.165) is 53.4 Å². The summed E-state index contributed by atoms with van der Waals surface area (Å²) >= 11 is 0. The number of amidine groups is 1. The summed E-state index contributed by atoms with van der Waals surface area (Å²) in [5.41, 5.74) is 12.3. The summed E-state index contributed by atoms with van der Waals surface area (Å²) in [6, 6.07) is 46.5. The molecule has 5 aromatic carbocycles. The van der Waals surface area contributed by atoms with E-state index in [-0.39, 0.29) is 12.1 Å². The van der Waals surface area contributed by atoms with Crippen molar-refractivity contribution in [1.82, 2.24) is 15.2 Å². The van der Waals surface area contributed by atoms with E-state index in [2.05, 4.69) is 185 Å². The van der Waals surface area contributed by atoms with Gasteiger partial charge in [0.05, 0.1) is 23.0 Å². The molecule has 1 aromatic heterocycles. The zero-order chi connectivity index (χ0) is 37.1. The van der Waals surface area contributed by atoms with Gasteiger partial charge in [0, 0.05) is 27.8 Å². The number of rotatable bonds is 4. The molecule has 2 aliphatic heterocycles. The van der Waals surface area contributed by atoms with Crippen LogP contribution in [-0.4, -0.2) is 28.9 Å². The number of para-hydroxylation sites is 1. The lowest BCUT2D eigenvalue weighted by Gasteiger charge is -2.36. The molecule has 5 nitrogen and oxygen atoms in total. The number of benzene rings is 5. The minimum atomic E-state index is -0.397. The van der Waals surface area contributed by atoms with Gasteiger partial charge in [0.25, 0.3) is 0 Å². The molecular formula is C51H41N5. The summed E-state index contributed by atoms with van der Waals surface area (Å²) in [6.07, 6.45) is 20.8. The maximum absolute atomic E-state index is 5.35. The van der Waals surface area contributed by atoms with E-state index < -0.39 is 5.41 Å². The summed E-state index contributed by atoms with van der Waals surface area (Å²) in [5, 5.41) is 9.89. The normalized spacial score (nSPS) is 22.1. The highest BCUT2D eigenvalue weighted by Gasteiger charge is 2.47. The molecule has 0 saturated carbocycles. The standard InChI is InChI=1S/C51H41N5/c1-5-17-34(18-6-1)48-53-49(35-19-7-2-8-20-35)55-50(54-48)36-29-30-47(52-33-36)56-45-28-16-14-26-40(45)42-31-41-39-25-13-15-27-43(39)51(44(41)32-46(42)56,37-21-9-3-10-22-37)38-23-11-4-12-24-38/h1-14,16-19,21-26,28-32,35,49,55H,15,20,27,33H2,(H,53,54). The second-order valence-corrected chi connectivity index (χ2v) is 15.3. The second kappa shape index (κ2) is 13.2. The quantitative estimate of drug-likeness (QED) is 0.190. The molecule has 3 heterocycles. The first-order chi connectivity index (χ1) is 27.8. The highest BCUT2D eigenvalue weighted by Crippen LogP contribution is 2.58. The molecule has 0 saturated heterocycles. The van der Waals surface area contributed by atoms with Crippen LogP contribution in [-0.2, 0) is 5.41 Å². The minimum Gasteiger partial charge on any atom is -0.349 e. The molecule has 56 heavy (non-hydrogen) atoms. The Labute approximate surface area is 327 Å². The first-order valence-electron chi connectivity index (χ1n) is 19.8. The van der Waals surface area contributed by atoms with Crippen LogP contribution in [0.5, 0.6) is 0 Å². The fourth-order valence-electron chi connectivity index (χ4n) is 9.68. The largest absolute Gasteiger partial charge is 0.349 e. The zero-order valence-corrected chi connectivity index (χ0v) is 31.1. The van der Waals surface area contributed by atoms with E-state index in [1.165, 1.54) is 49.7 Å². The lowest BCUT2D eigenvalue weighted by Crippen LogP contribution is -2.47. The van der Waals surface area contributed by atoms with E-state index in [9.17, 15) is 0 Å². The van der Waals surface area contributed by atoms with Gasteiger partial charge >= 0.3 is 0 Å². The van der Waals surface area contributed by atoms with Gasteiger partial charge in [-0.25, -0.2) is 4.99 Å². The molecule has 5 heteroatoms. The van der Waals surface area contributed by atoms with E-state index in [1.807, 2.05) is 6.07 Å². The Morgan fingerprint density at radius 2 is 1.45 bits per heavy atom. The number of nitrogens with zero attached hydrogens (tertiary/aromatic N) is 3. The maximum atomic E-state index is 5.35. The molecule has 6 aromatic rings. The molecule has 5 aliphatic rings. The molecule has 0 radical (unpaired) electrons. The molecule has 0 amide bonds. The number of nitrogens with one attached hydrogen (secondary N) is 2. The molecule has 0 bridgehead atoms. The first kappa shape index (κ1) is 32.7. The molecular weight excluding hydrogens is 683 g/mol. The van der Waals surface area contributed by atoms with E-state index >= 15 is 0 Å². The molecule has 3 aliphatic carbocycles. The Morgan fingerprint density at radius 1 is 0.696 bits per heavy atom. The molecule has 11 rings (SSSR count).